The minimum absolute atomic E-state index is 0.280. The molecular formula is C19H22ClN3O2. The van der Waals surface area contributed by atoms with Crippen molar-refractivity contribution in [3.63, 3.8) is 0 Å². The molecule has 0 aliphatic carbocycles. The van der Waals surface area contributed by atoms with Gasteiger partial charge >= 0.3 is 0 Å². The highest BCUT2D eigenvalue weighted by Gasteiger charge is 2.15. The molecule has 1 aromatic heterocycles. The SMILES string of the molecule is COc1ccc(Cl)cc1NC(=O)c1cccc(N2CCCCCC2)n1. The number of rotatable bonds is 4. The summed E-state index contributed by atoms with van der Waals surface area (Å²) < 4.78 is 5.27. The van der Waals surface area contributed by atoms with Crippen LogP contribution in [0.25, 0.3) is 0 Å². The molecule has 2 heterocycles. The maximum absolute atomic E-state index is 12.6. The third kappa shape index (κ3) is 4.42. The molecule has 0 bridgehead atoms. The summed E-state index contributed by atoms with van der Waals surface area (Å²) >= 11 is 6.02. The second-order valence-corrected chi connectivity index (χ2v) is 6.52. The number of hydrogen-bond donors (Lipinski definition) is 1. The Balaban J connectivity index is 1.78. The Kier molecular flexibility index (Phi) is 5.76. The van der Waals surface area contributed by atoms with Crippen molar-refractivity contribution >= 4 is 29.0 Å². The number of ether oxygens (including phenoxy) is 1. The van der Waals surface area contributed by atoms with Crippen LogP contribution < -0.4 is 15.0 Å². The molecule has 2 aromatic rings. The molecular weight excluding hydrogens is 338 g/mol. The van der Waals surface area contributed by atoms with Crippen molar-refractivity contribution < 1.29 is 9.53 Å². The number of anilines is 2. The summed E-state index contributed by atoms with van der Waals surface area (Å²) in [5.74, 6) is 1.13. The van der Waals surface area contributed by atoms with Gasteiger partial charge in [0.25, 0.3) is 5.91 Å². The topological polar surface area (TPSA) is 54.5 Å². The van der Waals surface area contributed by atoms with Crippen molar-refractivity contribution in [3.8, 4) is 5.75 Å². The lowest BCUT2D eigenvalue weighted by atomic mass is 10.2. The minimum Gasteiger partial charge on any atom is -0.495 e. The summed E-state index contributed by atoms with van der Waals surface area (Å²) in [5, 5.41) is 3.36. The maximum atomic E-state index is 12.6. The molecule has 1 aromatic carbocycles. The van der Waals surface area contributed by atoms with Crippen molar-refractivity contribution in [1.82, 2.24) is 4.98 Å². The number of methoxy groups -OCH3 is 1. The van der Waals surface area contributed by atoms with Gasteiger partial charge in [0.05, 0.1) is 12.8 Å². The average Bonchev–Trinajstić information content (AvgIpc) is 2.91. The molecule has 132 valence electrons. The number of carbonyl (C=O) groups excluding carboxylic acids is 1. The number of hydrogen-bond acceptors (Lipinski definition) is 4. The number of carbonyl (C=O) groups is 1. The normalized spacial score (nSPS) is 14.7. The molecule has 1 aliphatic heterocycles. The molecule has 0 radical (unpaired) electrons. The molecule has 0 saturated carbocycles. The highest BCUT2D eigenvalue weighted by atomic mass is 35.5. The summed E-state index contributed by atoms with van der Waals surface area (Å²) in [4.78, 5) is 19.4. The molecule has 1 N–H and O–H groups in total. The quantitative estimate of drug-likeness (QED) is 0.880. The third-order valence-corrected chi connectivity index (χ3v) is 4.54. The summed E-state index contributed by atoms with van der Waals surface area (Å²) in [6.07, 6.45) is 4.84. The zero-order chi connectivity index (χ0) is 17.6. The first-order chi connectivity index (χ1) is 12.2. The van der Waals surface area contributed by atoms with Gasteiger partial charge in [-0.15, -0.1) is 0 Å². The van der Waals surface area contributed by atoms with E-state index in [-0.39, 0.29) is 5.91 Å². The van der Waals surface area contributed by atoms with Gasteiger partial charge in [0.1, 0.15) is 17.3 Å². The lowest BCUT2D eigenvalue weighted by molar-refractivity contribution is 0.102. The van der Waals surface area contributed by atoms with E-state index in [4.69, 9.17) is 16.3 Å². The Morgan fingerprint density at radius 3 is 2.64 bits per heavy atom. The number of nitrogens with zero attached hydrogens (tertiary/aromatic N) is 2. The van der Waals surface area contributed by atoms with Crippen molar-refractivity contribution in [2.75, 3.05) is 30.4 Å². The van der Waals surface area contributed by atoms with E-state index in [0.29, 0.717) is 22.2 Å². The van der Waals surface area contributed by atoms with E-state index in [1.807, 2.05) is 12.1 Å². The Morgan fingerprint density at radius 2 is 1.92 bits per heavy atom. The summed E-state index contributed by atoms with van der Waals surface area (Å²) in [6, 6.07) is 10.7. The van der Waals surface area contributed by atoms with Gasteiger partial charge in [-0.05, 0) is 43.2 Å². The highest BCUT2D eigenvalue weighted by molar-refractivity contribution is 6.31. The number of amides is 1. The van der Waals surface area contributed by atoms with Crippen LogP contribution in [0.5, 0.6) is 5.75 Å². The van der Waals surface area contributed by atoms with Gasteiger partial charge in [-0.25, -0.2) is 4.98 Å². The van der Waals surface area contributed by atoms with Crippen LogP contribution in [0.3, 0.4) is 0 Å². The van der Waals surface area contributed by atoms with Gasteiger partial charge in [-0.3, -0.25) is 4.79 Å². The molecule has 0 spiro atoms. The fourth-order valence-electron chi connectivity index (χ4n) is 2.99. The van der Waals surface area contributed by atoms with E-state index in [0.717, 1.165) is 31.7 Å². The van der Waals surface area contributed by atoms with Gasteiger partial charge < -0.3 is 15.0 Å². The fourth-order valence-corrected chi connectivity index (χ4v) is 3.16. The molecule has 1 aliphatic rings. The van der Waals surface area contributed by atoms with Gasteiger partial charge in [-0.2, -0.15) is 0 Å². The van der Waals surface area contributed by atoms with Crippen molar-refractivity contribution in [2.24, 2.45) is 0 Å². The van der Waals surface area contributed by atoms with Crippen LogP contribution in [-0.2, 0) is 0 Å². The van der Waals surface area contributed by atoms with Crippen molar-refractivity contribution in [3.05, 3.63) is 47.1 Å². The summed E-state index contributed by atoms with van der Waals surface area (Å²) in [6.45, 7) is 1.97. The van der Waals surface area contributed by atoms with E-state index in [2.05, 4.69) is 15.2 Å². The van der Waals surface area contributed by atoms with Gasteiger partial charge in [0.15, 0.2) is 0 Å². The van der Waals surface area contributed by atoms with Crippen LogP contribution >= 0.6 is 11.6 Å². The average molecular weight is 360 g/mol. The first kappa shape index (κ1) is 17.5. The van der Waals surface area contributed by atoms with E-state index >= 15 is 0 Å². The van der Waals surface area contributed by atoms with Crippen LogP contribution in [-0.4, -0.2) is 31.1 Å². The summed E-state index contributed by atoms with van der Waals surface area (Å²) in [7, 11) is 1.55. The van der Waals surface area contributed by atoms with Gasteiger partial charge in [-0.1, -0.05) is 30.5 Å². The Labute approximate surface area is 153 Å². The molecule has 1 saturated heterocycles. The van der Waals surface area contributed by atoms with Crippen LogP contribution in [0.1, 0.15) is 36.2 Å². The van der Waals surface area contributed by atoms with E-state index in [1.165, 1.54) is 12.8 Å². The van der Waals surface area contributed by atoms with Crippen LogP contribution in [0.15, 0.2) is 36.4 Å². The predicted octanol–water partition coefficient (Wildman–Crippen LogP) is 4.38. The lowest BCUT2D eigenvalue weighted by Crippen LogP contribution is -2.26. The number of halogens is 1. The Morgan fingerprint density at radius 1 is 1.16 bits per heavy atom. The molecule has 6 heteroatoms. The third-order valence-electron chi connectivity index (χ3n) is 4.31. The monoisotopic (exact) mass is 359 g/mol. The largest absolute Gasteiger partial charge is 0.495 e. The molecule has 3 rings (SSSR count). The molecule has 25 heavy (non-hydrogen) atoms. The number of aromatic nitrogens is 1. The van der Waals surface area contributed by atoms with Crippen LogP contribution in [0, 0.1) is 0 Å². The zero-order valence-electron chi connectivity index (χ0n) is 14.3. The first-order valence-corrected chi connectivity index (χ1v) is 8.92. The van der Waals surface area contributed by atoms with E-state index in [1.54, 1.807) is 31.4 Å². The molecule has 5 nitrogen and oxygen atoms in total. The number of nitrogens with one attached hydrogen (secondary N) is 1. The van der Waals surface area contributed by atoms with Crippen molar-refractivity contribution in [1.29, 1.82) is 0 Å². The summed E-state index contributed by atoms with van der Waals surface area (Å²) in [5.41, 5.74) is 0.908. The van der Waals surface area contributed by atoms with E-state index in [9.17, 15) is 4.79 Å². The second-order valence-electron chi connectivity index (χ2n) is 6.08. The van der Waals surface area contributed by atoms with Gasteiger partial charge in [0.2, 0.25) is 0 Å². The maximum Gasteiger partial charge on any atom is 0.274 e. The first-order valence-electron chi connectivity index (χ1n) is 8.54. The Hall–Kier alpha value is -2.27. The minimum atomic E-state index is -0.280. The van der Waals surface area contributed by atoms with Crippen LogP contribution in [0.4, 0.5) is 11.5 Å². The molecule has 0 unspecified atom stereocenters. The molecule has 0 atom stereocenters. The van der Waals surface area contributed by atoms with Crippen LogP contribution in [0.2, 0.25) is 5.02 Å². The van der Waals surface area contributed by atoms with E-state index < -0.39 is 0 Å². The van der Waals surface area contributed by atoms with Crippen molar-refractivity contribution in [2.45, 2.75) is 25.7 Å². The zero-order valence-corrected chi connectivity index (χ0v) is 15.1. The fraction of sp³-hybridized carbons (Fsp3) is 0.368. The number of pyridine rings is 1. The highest BCUT2D eigenvalue weighted by Crippen LogP contribution is 2.28. The Bertz CT molecular complexity index is 743. The second kappa shape index (κ2) is 8.21. The lowest BCUT2D eigenvalue weighted by Gasteiger charge is -2.21. The number of benzene rings is 1. The smallest absolute Gasteiger partial charge is 0.274 e. The molecule has 1 amide bonds. The standard InChI is InChI=1S/C19H22ClN3O2/c1-25-17-10-9-14(20)13-16(17)22-19(24)15-7-6-8-18(21-15)23-11-4-2-3-5-12-23/h6-10,13H,2-5,11-12H2,1H3,(H,22,24). The molecule has 1 fully saturated rings. The van der Waals surface area contributed by atoms with Gasteiger partial charge in [0, 0.05) is 18.1 Å². The predicted molar refractivity (Wildman–Crippen MR) is 101 cm³/mol.